The minimum atomic E-state index is -0.146. The highest BCUT2D eigenvalue weighted by molar-refractivity contribution is 5.77. The highest BCUT2D eigenvalue weighted by atomic mass is 16.5. The molecule has 0 unspecified atom stereocenters. The Bertz CT molecular complexity index is 604. The van der Waals surface area contributed by atoms with Crippen LogP contribution in [0.4, 0.5) is 0 Å². The van der Waals surface area contributed by atoms with Crippen molar-refractivity contribution in [2.75, 3.05) is 32.8 Å². The first-order chi connectivity index (χ1) is 12.1. The molecule has 2 aliphatic heterocycles. The fourth-order valence-corrected chi connectivity index (χ4v) is 4.22. The van der Waals surface area contributed by atoms with E-state index in [4.69, 9.17) is 4.74 Å². The monoisotopic (exact) mass is 344 g/mol. The van der Waals surface area contributed by atoms with Crippen molar-refractivity contribution < 1.29 is 14.3 Å². The summed E-state index contributed by atoms with van der Waals surface area (Å²) in [5.74, 6) is 0.101. The first-order valence-corrected chi connectivity index (χ1v) is 9.30. The SMILES string of the molecule is CCOC(=O)CN1CCC[C@]2(CCC(=O)N(Cc3ccccc3)C2)C1. The summed E-state index contributed by atoms with van der Waals surface area (Å²) in [7, 11) is 0. The van der Waals surface area contributed by atoms with Crippen LogP contribution in [0.15, 0.2) is 30.3 Å². The first-order valence-electron chi connectivity index (χ1n) is 9.30. The van der Waals surface area contributed by atoms with E-state index in [2.05, 4.69) is 17.0 Å². The molecule has 5 nitrogen and oxygen atoms in total. The van der Waals surface area contributed by atoms with E-state index in [9.17, 15) is 9.59 Å². The molecule has 136 valence electrons. The predicted octanol–water partition coefficient (Wildman–Crippen LogP) is 2.45. The Labute approximate surface area is 149 Å². The lowest BCUT2D eigenvalue weighted by molar-refractivity contribution is -0.147. The van der Waals surface area contributed by atoms with Gasteiger partial charge in [0.1, 0.15) is 0 Å². The molecule has 0 N–H and O–H groups in total. The second-order valence-electron chi connectivity index (χ2n) is 7.35. The van der Waals surface area contributed by atoms with E-state index in [0.717, 1.165) is 38.9 Å². The Balaban J connectivity index is 1.64. The molecule has 1 aromatic carbocycles. The zero-order chi connectivity index (χ0) is 17.7. The van der Waals surface area contributed by atoms with Gasteiger partial charge in [-0.1, -0.05) is 30.3 Å². The largest absolute Gasteiger partial charge is 0.465 e. The van der Waals surface area contributed by atoms with E-state index in [1.807, 2.05) is 30.0 Å². The lowest BCUT2D eigenvalue weighted by Gasteiger charge is -2.48. The third kappa shape index (κ3) is 4.60. The number of carbonyl (C=O) groups is 2. The highest BCUT2D eigenvalue weighted by Gasteiger charge is 2.41. The third-order valence-corrected chi connectivity index (χ3v) is 5.36. The average molecular weight is 344 g/mol. The van der Waals surface area contributed by atoms with Gasteiger partial charge in [-0.3, -0.25) is 14.5 Å². The topological polar surface area (TPSA) is 49.9 Å². The molecule has 25 heavy (non-hydrogen) atoms. The number of likely N-dealkylation sites (tertiary alicyclic amines) is 2. The maximum Gasteiger partial charge on any atom is 0.320 e. The molecule has 5 heteroatoms. The zero-order valence-electron chi connectivity index (χ0n) is 15.1. The van der Waals surface area contributed by atoms with Crippen molar-refractivity contribution in [3.8, 4) is 0 Å². The number of benzene rings is 1. The van der Waals surface area contributed by atoms with Crippen molar-refractivity contribution in [1.29, 1.82) is 0 Å². The fourth-order valence-electron chi connectivity index (χ4n) is 4.22. The van der Waals surface area contributed by atoms with Crippen LogP contribution in [0.25, 0.3) is 0 Å². The summed E-state index contributed by atoms with van der Waals surface area (Å²) in [6, 6.07) is 10.2. The van der Waals surface area contributed by atoms with Gasteiger partial charge in [0.15, 0.2) is 0 Å². The van der Waals surface area contributed by atoms with Gasteiger partial charge >= 0.3 is 5.97 Å². The zero-order valence-corrected chi connectivity index (χ0v) is 15.1. The van der Waals surface area contributed by atoms with Crippen molar-refractivity contribution in [2.45, 2.75) is 39.2 Å². The van der Waals surface area contributed by atoms with Gasteiger partial charge in [-0.15, -0.1) is 0 Å². The Kier molecular flexibility index (Phi) is 5.74. The molecule has 2 heterocycles. The van der Waals surface area contributed by atoms with Gasteiger partial charge in [0.2, 0.25) is 5.91 Å². The quantitative estimate of drug-likeness (QED) is 0.770. The molecule has 1 amide bonds. The number of carbonyl (C=O) groups excluding carboxylic acids is 2. The average Bonchev–Trinajstić information content (AvgIpc) is 2.60. The summed E-state index contributed by atoms with van der Waals surface area (Å²) in [6.07, 6.45) is 3.74. The third-order valence-electron chi connectivity index (χ3n) is 5.36. The van der Waals surface area contributed by atoms with Crippen LogP contribution in [-0.2, 0) is 20.9 Å². The molecular formula is C20H28N2O3. The van der Waals surface area contributed by atoms with Gasteiger partial charge < -0.3 is 9.64 Å². The van der Waals surface area contributed by atoms with Gasteiger partial charge in [0.25, 0.3) is 0 Å². The van der Waals surface area contributed by atoms with Crippen molar-refractivity contribution in [3.63, 3.8) is 0 Å². The van der Waals surface area contributed by atoms with Gasteiger partial charge in [0.05, 0.1) is 13.2 Å². The first kappa shape index (κ1) is 17.9. The number of ether oxygens (including phenoxy) is 1. The van der Waals surface area contributed by atoms with Gasteiger partial charge in [-0.2, -0.15) is 0 Å². The Hall–Kier alpha value is -1.88. The van der Waals surface area contributed by atoms with Crippen molar-refractivity contribution in [1.82, 2.24) is 9.80 Å². The lowest BCUT2D eigenvalue weighted by Crippen LogP contribution is -2.54. The van der Waals surface area contributed by atoms with E-state index in [1.165, 1.54) is 5.56 Å². The Morgan fingerprint density at radius 2 is 2.00 bits per heavy atom. The van der Waals surface area contributed by atoms with Gasteiger partial charge in [0, 0.05) is 31.5 Å². The molecule has 1 aromatic rings. The molecule has 0 bridgehead atoms. The van der Waals surface area contributed by atoms with Crippen LogP contribution < -0.4 is 0 Å². The predicted molar refractivity (Wildman–Crippen MR) is 95.8 cm³/mol. The summed E-state index contributed by atoms with van der Waals surface area (Å²) in [5, 5.41) is 0. The molecule has 0 aromatic heterocycles. The number of piperidine rings is 2. The van der Waals surface area contributed by atoms with E-state index in [-0.39, 0.29) is 17.3 Å². The molecule has 2 saturated heterocycles. The number of nitrogens with zero attached hydrogens (tertiary/aromatic N) is 2. The van der Waals surface area contributed by atoms with Crippen LogP contribution in [0.5, 0.6) is 0 Å². The van der Waals surface area contributed by atoms with Gasteiger partial charge in [-0.25, -0.2) is 0 Å². The molecular weight excluding hydrogens is 316 g/mol. The maximum atomic E-state index is 12.4. The molecule has 0 aliphatic carbocycles. The maximum absolute atomic E-state index is 12.4. The summed E-state index contributed by atoms with van der Waals surface area (Å²) in [5.41, 5.74) is 1.29. The number of hydrogen-bond donors (Lipinski definition) is 0. The van der Waals surface area contributed by atoms with Crippen molar-refractivity contribution >= 4 is 11.9 Å². The Morgan fingerprint density at radius 1 is 1.20 bits per heavy atom. The minimum Gasteiger partial charge on any atom is -0.465 e. The van der Waals surface area contributed by atoms with E-state index >= 15 is 0 Å². The molecule has 0 radical (unpaired) electrons. The summed E-state index contributed by atoms with van der Waals surface area (Å²) in [6.45, 7) is 5.92. The summed E-state index contributed by atoms with van der Waals surface area (Å²) >= 11 is 0. The van der Waals surface area contributed by atoms with Crippen LogP contribution in [0, 0.1) is 5.41 Å². The minimum absolute atomic E-state index is 0.118. The lowest BCUT2D eigenvalue weighted by atomic mass is 9.73. The molecule has 1 atom stereocenters. The van der Waals surface area contributed by atoms with E-state index in [0.29, 0.717) is 26.1 Å². The smallest absolute Gasteiger partial charge is 0.320 e. The summed E-state index contributed by atoms with van der Waals surface area (Å²) < 4.78 is 5.09. The van der Waals surface area contributed by atoms with Crippen LogP contribution in [0.1, 0.15) is 38.2 Å². The summed E-state index contributed by atoms with van der Waals surface area (Å²) in [4.78, 5) is 28.4. The number of amides is 1. The second kappa shape index (κ2) is 8.00. The fraction of sp³-hybridized carbons (Fsp3) is 0.600. The molecule has 0 saturated carbocycles. The van der Waals surface area contributed by atoms with Crippen LogP contribution in [0.3, 0.4) is 0 Å². The second-order valence-corrected chi connectivity index (χ2v) is 7.35. The molecule has 2 fully saturated rings. The van der Waals surface area contributed by atoms with Crippen LogP contribution in [-0.4, -0.2) is 54.5 Å². The van der Waals surface area contributed by atoms with Crippen LogP contribution in [0.2, 0.25) is 0 Å². The molecule has 1 spiro atoms. The number of hydrogen-bond acceptors (Lipinski definition) is 4. The van der Waals surface area contributed by atoms with Gasteiger partial charge in [-0.05, 0) is 38.3 Å². The van der Waals surface area contributed by atoms with Crippen LogP contribution >= 0.6 is 0 Å². The van der Waals surface area contributed by atoms with Crippen molar-refractivity contribution in [3.05, 3.63) is 35.9 Å². The molecule has 2 aliphatic rings. The van der Waals surface area contributed by atoms with E-state index < -0.39 is 0 Å². The number of esters is 1. The number of rotatable bonds is 5. The van der Waals surface area contributed by atoms with Crippen molar-refractivity contribution in [2.24, 2.45) is 5.41 Å². The van der Waals surface area contributed by atoms with E-state index in [1.54, 1.807) is 0 Å². The molecule has 3 rings (SSSR count). The normalized spacial score (nSPS) is 24.5. The highest BCUT2D eigenvalue weighted by Crippen LogP contribution is 2.39. The standard InChI is InChI=1S/C20H28N2O3/c1-2-25-19(24)14-21-12-6-10-20(15-21)11-9-18(23)22(16-20)13-17-7-4-3-5-8-17/h3-5,7-8H,2,6,9-16H2,1H3/t20-/m0/s1. The Morgan fingerprint density at radius 3 is 2.76 bits per heavy atom.